The van der Waals surface area contributed by atoms with Crippen molar-refractivity contribution in [2.75, 3.05) is 26.9 Å². The smallest absolute Gasteiger partial charge is 0.269 e. The van der Waals surface area contributed by atoms with E-state index in [-0.39, 0.29) is 5.11 Å². The van der Waals surface area contributed by atoms with Crippen molar-refractivity contribution in [2.45, 2.75) is 13.8 Å². The van der Waals surface area contributed by atoms with Gasteiger partial charge in [-0.25, -0.2) is 0 Å². The van der Waals surface area contributed by atoms with E-state index in [1.165, 1.54) is 0 Å². The van der Waals surface area contributed by atoms with Crippen LogP contribution in [0.15, 0.2) is 48.5 Å². The summed E-state index contributed by atoms with van der Waals surface area (Å²) in [7, 11) is 1.59. The average Bonchev–Trinajstić information content (AvgIpc) is 2.77. The molecule has 2 amide bonds. The first-order valence-electron chi connectivity index (χ1n) is 9.75. The summed E-state index contributed by atoms with van der Waals surface area (Å²) >= 11 is 5.06. The number of methoxy groups -OCH3 is 1. The Bertz CT molecular complexity index is 870. The summed E-state index contributed by atoms with van der Waals surface area (Å²) in [5, 5.41) is 2.47. The van der Waals surface area contributed by atoms with Crippen molar-refractivity contribution in [1.29, 1.82) is 0 Å². The quantitative estimate of drug-likeness (QED) is 0.310. The van der Waals surface area contributed by atoms with E-state index in [1.807, 2.05) is 0 Å². The van der Waals surface area contributed by atoms with Gasteiger partial charge in [-0.15, -0.1) is 0 Å². The first kappa shape index (κ1) is 24.1. The molecule has 0 atom stereocenters. The Hall–Kier alpha value is -3.17. The van der Waals surface area contributed by atoms with Crippen molar-refractivity contribution in [2.24, 2.45) is 5.92 Å². The molecule has 0 radical (unpaired) electrons. The van der Waals surface area contributed by atoms with Crippen LogP contribution in [0.5, 0.6) is 11.5 Å². The summed E-state index contributed by atoms with van der Waals surface area (Å²) in [4.78, 5) is 24.5. The molecule has 31 heavy (non-hydrogen) atoms. The van der Waals surface area contributed by atoms with Crippen LogP contribution in [0.4, 0.5) is 0 Å². The lowest BCUT2D eigenvalue weighted by Gasteiger charge is -2.12. The van der Waals surface area contributed by atoms with E-state index in [9.17, 15) is 9.59 Å². The van der Waals surface area contributed by atoms with Crippen LogP contribution in [0.3, 0.4) is 0 Å². The number of amides is 2. The zero-order valence-electron chi connectivity index (χ0n) is 17.8. The molecule has 8 nitrogen and oxygen atoms in total. The van der Waals surface area contributed by atoms with Crippen molar-refractivity contribution < 1.29 is 23.8 Å². The minimum atomic E-state index is -0.415. The number of hydrogen-bond donors (Lipinski definition) is 3. The van der Waals surface area contributed by atoms with Gasteiger partial charge in [-0.05, 0) is 66.7 Å². The SMILES string of the molecule is COCCOc1ccc(C(=O)NC(=S)NNC(=O)c2ccc(OCC(C)C)cc2)cc1. The van der Waals surface area contributed by atoms with Crippen molar-refractivity contribution in [3.8, 4) is 11.5 Å². The molecule has 0 aliphatic carbocycles. The molecule has 0 fully saturated rings. The molecule has 2 rings (SSSR count). The number of hydrazine groups is 1. The van der Waals surface area contributed by atoms with E-state index in [0.717, 1.165) is 0 Å². The lowest BCUT2D eigenvalue weighted by atomic mass is 10.2. The van der Waals surface area contributed by atoms with E-state index < -0.39 is 11.8 Å². The average molecular weight is 446 g/mol. The minimum Gasteiger partial charge on any atom is -0.493 e. The van der Waals surface area contributed by atoms with Gasteiger partial charge in [0.05, 0.1) is 13.2 Å². The standard InChI is InChI=1S/C22H27N3O5S/c1-15(2)14-30-19-10-6-17(7-11-19)21(27)24-25-22(31)23-20(26)16-4-8-18(9-5-16)29-13-12-28-3/h4-11,15H,12-14H2,1-3H3,(H,24,27)(H2,23,25,26,31). The number of carbonyl (C=O) groups excluding carboxylic acids is 2. The Morgan fingerprint density at radius 1 is 0.839 bits per heavy atom. The number of thiocarbonyl (C=S) groups is 1. The Balaban J connectivity index is 1.77. The predicted molar refractivity (Wildman–Crippen MR) is 121 cm³/mol. The molecule has 3 N–H and O–H groups in total. The summed E-state index contributed by atoms with van der Waals surface area (Å²) < 4.78 is 16.0. The highest BCUT2D eigenvalue weighted by Crippen LogP contribution is 2.13. The number of benzene rings is 2. The Morgan fingerprint density at radius 3 is 1.94 bits per heavy atom. The summed E-state index contributed by atoms with van der Waals surface area (Å²) in [5.41, 5.74) is 5.77. The molecule has 0 heterocycles. The van der Waals surface area contributed by atoms with Gasteiger partial charge in [0.1, 0.15) is 18.1 Å². The molecular formula is C22H27N3O5S. The van der Waals surface area contributed by atoms with Gasteiger partial charge in [0, 0.05) is 18.2 Å². The van der Waals surface area contributed by atoms with Crippen molar-refractivity contribution in [3.05, 3.63) is 59.7 Å². The van der Waals surface area contributed by atoms with Gasteiger partial charge in [0.25, 0.3) is 11.8 Å². The number of ether oxygens (including phenoxy) is 3. The molecule has 0 aliphatic rings. The Labute approximate surface area is 187 Å². The van der Waals surface area contributed by atoms with E-state index in [0.29, 0.717) is 48.4 Å². The normalized spacial score (nSPS) is 10.3. The summed E-state index contributed by atoms with van der Waals surface area (Å²) in [6.07, 6.45) is 0. The molecular weight excluding hydrogens is 418 g/mol. The molecule has 166 valence electrons. The van der Waals surface area contributed by atoms with Crippen LogP contribution in [0.1, 0.15) is 34.6 Å². The number of carbonyl (C=O) groups is 2. The van der Waals surface area contributed by atoms with E-state index in [2.05, 4.69) is 30.0 Å². The monoisotopic (exact) mass is 445 g/mol. The zero-order valence-corrected chi connectivity index (χ0v) is 18.6. The fourth-order valence-corrected chi connectivity index (χ4v) is 2.45. The molecule has 0 saturated heterocycles. The molecule has 0 saturated carbocycles. The Kier molecular flexibility index (Phi) is 9.73. The number of rotatable bonds is 9. The van der Waals surface area contributed by atoms with E-state index in [4.69, 9.17) is 26.4 Å². The lowest BCUT2D eigenvalue weighted by molar-refractivity contribution is 0.0934. The largest absolute Gasteiger partial charge is 0.493 e. The highest BCUT2D eigenvalue weighted by molar-refractivity contribution is 7.80. The van der Waals surface area contributed by atoms with Crippen molar-refractivity contribution >= 4 is 29.1 Å². The van der Waals surface area contributed by atoms with Crippen LogP contribution >= 0.6 is 12.2 Å². The fourth-order valence-electron chi connectivity index (χ4n) is 2.30. The van der Waals surface area contributed by atoms with Crippen LogP contribution in [0.2, 0.25) is 0 Å². The lowest BCUT2D eigenvalue weighted by Crippen LogP contribution is -2.48. The van der Waals surface area contributed by atoms with Crippen molar-refractivity contribution in [3.63, 3.8) is 0 Å². The fraction of sp³-hybridized carbons (Fsp3) is 0.318. The molecule has 9 heteroatoms. The maximum atomic E-state index is 12.3. The van der Waals surface area contributed by atoms with E-state index >= 15 is 0 Å². The topological polar surface area (TPSA) is 97.9 Å². The van der Waals surface area contributed by atoms with Crippen molar-refractivity contribution in [1.82, 2.24) is 16.2 Å². The maximum Gasteiger partial charge on any atom is 0.269 e. The van der Waals surface area contributed by atoms with Gasteiger partial charge < -0.3 is 14.2 Å². The minimum absolute atomic E-state index is 0.0318. The summed E-state index contributed by atoms with van der Waals surface area (Å²) in [5.74, 6) is 0.917. The molecule has 0 bridgehead atoms. The van der Waals surface area contributed by atoms with Gasteiger partial charge in [-0.1, -0.05) is 13.8 Å². The molecule has 0 unspecified atom stereocenters. The third-order valence-electron chi connectivity index (χ3n) is 3.89. The van der Waals surface area contributed by atoms with Gasteiger partial charge in [-0.2, -0.15) is 0 Å². The van der Waals surface area contributed by atoms with Crippen LogP contribution in [-0.2, 0) is 4.74 Å². The second kappa shape index (κ2) is 12.5. The summed E-state index contributed by atoms with van der Waals surface area (Å²) in [6, 6.07) is 13.3. The molecule has 0 spiro atoms. The first-order valence-corrected chi connectivity index (χ1v) is 10.2. The van der Waals surface area contributed by atoms with Crippen LogP contribution in [0.25, 0.3) is 0 Å². The van der Waals surface area contributed by atoms with Gasteiger partial charge in [0.15, 0.2) is 5.11 Å². The first-order chi connectivity index (χ1) is 14.9. The molecule has 0 aliphatic heterocycles. The third-order valence-corrected chi connectivity index (χ3v) is 4.09. The number of nitrogens with one attached hydrogen (secondary N) is 3. The van der Waals surface area contributed by atoms with Crippen LogP contribution in [-0.4, -0.2) is 43.9 Å². The van der Waals surface area contributed by atoms with Gasteiger partial charge in [0.2, 0.25) is 0 Å². The maximum absolute atomic E-state index is 12.3. The zero-order chi connectivity index (χ0) is 22.6. The van der Waals surface area contributed by atoms with Crippen LogP contribution in [0, 0.1) is 5.92 Å². The highest BCUT2D eigenvalue weighted by atomic mass is 32.1. The highest BCUT2D eigenvalue weighted by Gasteiger charge is 2.10. The van der Waals surface area contributed by atoms with E-state index in [1.54, 1.807) is 55.6 Å². The molecule has 2 aromatic rings. The Morgan fingerprint density at radius 2 is 1.39 bits per heavy atom. The predicted octanol–water partition coefficient (Wildman–Crippen LogP) is 2.70. The van der Waals surface area contributed by atoms with Gasteiger partial charge >= 0.3 is 0 Å². The van der Waals surface area contributed by atoms with Crippen LogP contribution < -0.4 is 25.6 Å². The molecule has 2 aromatic carbocycles. The number of hydrogen-bond acceptors (Lipinski definition) is 6. The molecule has 0 aromatic heterocycles. The van der Waals surface area contributed by atoms with Gasteiger partial charge in [-0.3, -0.25) is 25.8 Å². The second-order valence-electron chi connectivity index (χ2n) is 6.96. The third kappa shape index (κ3) is 8.61. The second-order valence-corrected chi connectivity index (χ2v) is 7.37. The summed E-state index contributed by atoms with van der Waals surface area (Å²) in [6.45, 7) is 5.62.